The Balaban J connectivity index is 2.03. The molecule has 0 aliphatic carbocycles. The van der Waals surface area contributed by atoms with Crippen molar-refractivity contribution in [1.82, 2.24) is 10.2 Å². The number of piperazine rings is 1. The van der Waals surface area contributed by atoms with E-state index in [9.17, 15) is 0 Å². The van der Waals surface area contributed by atoms with Crippen molar-refractivity contribution in [2.24, 2.45) is 5.92 Å². The van der Waals surface area contributed by atoms with Crippen LogP contribution in [0.1, 0.15) is 38.3 Å². The van der Waals surface area contributed by atoms with Gasteiger partial charge in [-0.15, -0.1) is 0 Å². The van der Waals surface area contributed by atoms with Crippen LogP contribution >= 0.6 is 0 Å². The van der Waals surface area contributed by atoms with Crippen molar-refractivity contribution in [2.75, 3.05) is 13.1 Å². The fourth-order valence-corrected chi connectivity index (χ4v) is 2.85. The van der Waals surface area contributed by atoms with Gasteiger partial charge in [0.2, 0.25) is 0 Å². The summed E-state index contributed by atoms with van der Waals surface area (Å²) in [5.74, 6) is 0.707. The van der Waals surface area contributed by atoms with E-state index in [2.05, 4.69) is 62.2 Å². The molecule has 106 valence electrons. The van der Waals surface area contributed by atoms with Crippen LogP contribution in [0, 0.1) is 12.8 Å². The molecule has 0 radical (unpaired) electrons. The summed E-state index contributed by atoms with van der Waals surface area (Å²) >= 11 is 0. The van der Waals surface area contributed by atoms with Crippen LogP contribution in [0.4, 0.5) is 0 Å². The van der Waals surface area contributed by atoms with Gasteiger partial charge in [0.15, 0.2) is 0 Å². The second-order valence-electron chi connectivity index (χ2n) is 6.24. The average Bonchev–Trinajstić information content (AvgIpc) is 2.41. The molecule has 0 amide bonds. The van der Waals surface area contributed by atoms with Crippen LogP contribution in [0.5, 0.6) is 0 Å². The fraction of sp³-hybridized carbons (Fsp3) is 0.647. The van der Waals surface area contributed by atoms with Crippen molar-refractivity contribution in [1.29, 1.82) is 0 Å². The third-order valence-electron chi connectivity index (χ3n) is 4.35. The second-order valence-corrected chi connectivity index (χ2v) is 6.24. The van der Waals surface area contributed by atoms with Gasteiger partial charge in [-0.3, -0.25) is 4.90 Å². The van der Waals surface area contributed by atoms with E-state index in [1.807, 2.05) is 0 Å². The van der Waals surface area contributed by atoms with Crippen LogP contribution in [0.3, 0.4) is 0 Å². The van der Waals surface area contributed by atoms with E-state index < -0.39 is 0 Å². The van der Waals surface area contributed by atoms with Crippen molar-refractivity contribution < 1.29 is 0 Å². The zero-order valence-electron chi connectivity index (χ0n) is 12.8. The predicted octanol–water partition coefficient (Wildman–Crippen LogP) is 3.20. The third-order valence-corrected chi connectivity index (χ3v) is 4.35. The Kier molecular flexibility index (Phi) is 5.00. The summed E-state index contributed by atoms with van der Waals surface area (Å²) in [5, 5.41) is 3.70. The van der Waals surface area contributed by atoms with Gasteiger partial charge < -0.3 is 5.32 Å². The van der Waals surface area contributed by atoms with Gasteiger partial charge in [0.05, 0.1) is 0 Å². The molecule has 1 aliphatic heterocycles. The fourth-order valence-electron chi connectivity index (χ4n) is 2.85. The summed E-state index contributed by atoms with van der Waals surface area (Å²) in [6, 6.07) is 10.3. The number of nitrogens with one attached hydrogen (secondary N) is 1. The van der Waals surface area contributed by atoms with Crippen LogP contribution < -0.4 is 5.32 Å². The maximum Gasteiger partial charge on any atom is 0.0237 e. The normalized spacial score (nSPS) is 24.9. The maximum atomic E-state index is 3.70. The number of rotatable bonds is 4. The zero-order chi connectivity index (χ0) is 13.8. The van der Waals surface area contributed by atoms with Gasteiger partial charge in [-0.25, -0.2) is 0 Å². The Hall–Kier alpha value is -0.860. The average molecular weight is 260 g/mol. The highest BCUT2D eigenvalue weighted by molar-refractivity contribution is 5.21. The molecule has 2 unspecified atom stereocenters. The topological polar surface area (TPSA) is 15.3 Å². The Morgan fingerprint density at radius 2 is 1.95 bits per heavy atom. The van der Waals surface area contributed by atoms with Gasteiger partial charge in [0.1, 0.15) is 0 Å². The van der Waals surface area contributed by atoms with Gasteiger partial charge >= 0.3 is 0 Å². The minimum Gasteiger partial charge on any atom is -0.311 e. The number of hydrogen-bond acceptors (Lipinski definition) is 2. The molecule has 2 heteroatoms. The van der Waals surface area contributed by atoms with Crippen LogP contribution in [0.15, 0.2) is 24.3 Å². The van der Waals surface area contributed by atoms with Crippen LogP contribution in [-0.4, -0.2) is 30.1 Å². The third kappa shape index (κ3) is 3.80. The van der Waals surface area contributed by atoms with E-state index >= 15 is 0 Å². The molecule has 1 aromatic rings. The summed E-state index contributed by atoms with van der Waals surface area (Å²) in [5.41, 5.74) is 2.78. The maximum absolute atomic E-state index is 3.70. The first kappa shape index (κ1) is 14.5. The standard InChI is InChI=1S/C17H28N2/c1-5-16-10-18-17(13(2)3)12-19(16)11-15-8-6-14(4)7-9-15/h6-9,13,16-18H,5,10-12H2,1-4H3. The minimum atomic E-state index is 0.633. The summed E-state index contributed by atoms with van der Waals surface area (Å²) in [6.07, 6.45) is 1.23. The number of hydrogen-bond donors (Lipinski definition) is 1. The quantitative estimate of drug-likeness (QED) is 0.894. The number of aryl methyl sites for hydroxylation is 1. The van der Waals surface area contributed by atoms with E-state index in [1.54, 1.807) is 0 Å². The largest absolute Gasteiger partial charge is 0.311 e. The number of nitrogens with zero attached hydrogens (tertiary/aromatic N) is 1. The van der Waals surface area contributed by atoms with Crippen molar-refractivity contribution >= 4 is 0 Å². The molecule has 2 atom stereocenters. The van der Waals surface area contributed by atoms with E-state index in [0.29, 0.717) is 18.0 Å². The lowest BCUT2D eigenvalue weighted by Crippen LogP contribution is -2.57. The Bertz CT molecular complexity index is 383. The molecule has 2 rings (SSSR count). The van der Waals surface area contributed by atoms with Gasteiger partial charge in [-0.2, -0.15) is 0 Å². The molecule has 0 bridgehead atoms. The van der Waals surface area contributed by atoms with Gasteiger partial charge in [-0.1, -0.05) is 50.6 Å². The first-order chi connectivity index (χ1) is 9.10. The first-order valence-electron chi connectivity index (χ1n) is 7.63. The molecule has 19 heavy (non-hydrogen) atoms. The lowest BCUT2D eigenvalue weighted by molar-refractivity contribution is 0.103. The molecule has 1 aromatic carbocycles. The van der Waals surface area contributed by atoms with Crippen molar-refractivity contribution in [3.8, 4) is 0 Å². The van der Waals surface area contributed by atoms with Crippen LogP contribution in [-0.2, 0) is 6.54 Å². The SMILES string of the molecule is CCC1CNC(C(C)C)CN1Cc1ccc(C)cc1. The Labute approximate surface area is 118 Å². The second kappa shape index (κ2) is 6.53. The highest BCUT2D eigenvalue weighted by Crippen LogP contribution is 2.18. The minimum absolute atomic E-state index is 0.633. The van der Waals surface area contributed by atoms with Gasteiger partial charge in [0.25, 0.3) is 0 Å². The lowest BCUT2D eigenvalue weighted by Gasteiger charge is -2.41. The molecule has 0 aromatic heterocycles. The van der Waals surface area contributed by atoms with Crippen molar-refractivity contribution in [3.63, 3.8) is 0 Å². The van der Waals surface area contributed by atoms with Crippen LogP contribution in [0.25, 0.3) is 0 Å². The van der Waals surface area contributed by atoms with Crippen molar-refractivity contribution in [2.45, 2.75) is 52.7 Å². The summed E-state index contributed by atoms with van der Waals surface area (Å²) in [4.78, 5) is 2.66. The first-order valence-corrected chi connectivity index (χ1v) is 7.63. The smallest absolute Gasteiger partial charge is 0.0237 e. The van der Waals surface area contributed by atoms with E-state index in [0.717, 1.165) is 13.1 Å². The van der Waals surface area contributed by atoms with Gasteiger partial charge in [-0.05, 0) is 24.8 Å². The number of benzene rings is 1. The van der Waals surface area contributed by atoms with Gasteiger partial charge in [0, 0.05) is 31.7 Å². The van der Waals surface area contributed by atoms with Crippen LogP contribution in [0.2, 0.25) is 0 Å². The zero-order valence-corrected chi connectivity index (χ0v) is 12.8. The monoisotopic (exact) mass is 260 g/mol. The Morgan fingerprint density at radius 3 is 2.53 bits per heavy atom. The highest BCUT2D eigenvalue weighted by atomic mass is 15.2. The molecule has 0 spiro atoms. The summed E-state index contributed by atoms with van der Waals surface area (Å²) in [6.45, 7) is 12.5. The lowest BCUT2D eigenvalue weighted by atomic mass is 9.97. The molecular weight excluding hydrogens is 232 g/mol. The Morgan fingerprint density at radius 1 is 1.26 bits per heavy atom. The van der Waals surface area contributed by atoms with E-state index in [-0.39, 0.29) is 0 Å². The molecule has 0 saturated carbocycles. The molecule has 1 heterocycles. The summed E-state index contributed by atoms with van der Waals surface area (Å²) < 4.78 is 0. The van der Waals surface area contributed by atoms with E-state index in [1.165, 1.54) is 24.1 Å². The van der Waals surface area contributed by atoms with Crippen molar-refractivity contribution in [3.05, 3.63) is 35.4 Å². The molecule has 1 aliphatic rings. The molecule has 1 fully saturated rings. The molecule has 2 nitrogen and oxygen atoms in total. The predicted molar refractivity (Wildman–Crippen MR) is 82.3 cm³/mol. The molecular formula is C17H28N2. The summed E-state index contributed by atoms with van der Waals surface area (Å²) in [7, 11) is 0. The molecule has 1 saturated heterocycles. The molecule has 1 N–H and O–H groups in total. The highest BCUT2D eigenvalue weighted by Gasteiger charge is 2.28. The van der Waals surface area contributed by atoms with E-state index in [4.69, 9.17) is 0 Å².